The predicted octanol–water partition coefficient (Wildman–Crippen LogP) is 3.19. The largest absolute Gasteiger partial charge is 0.481 e. The van der Waals surface area contributed by atoms with E-state index in [1.54, 1.807) is 6.92 Å². The highest BCUT2D eigenvalue weighted by atomic mass is 16.5. The van der Waals surface area contributed by atoms with Crippen molar-refractivity contribution in [2.24, 2.45) is 0 Å². The highest BCUT2D eigenvalue weighted by Gasteiger charge is 2.14. The molecule has 3 heteroatoms. The Labute approximate surface area is 102 Å². The average Bonchev–Trinajstić information content (AvgIpc) is 2.25. The molecule has 0 amide bonds. The Morgan fingerprint density at radius 2 is 1.82 bits per heavy atom. The molecule has 1 unspecified atom stereocenters. The highest BCUT2D eigenvalue weighted by Crippen LogP contribution is 2.17. The lowest BCUT2D eigenvalue weighted by molar-refractivity contribution is -0.138. The van der Waals surface area contributed by atoms with Crippen molar-refractivity contribution in [2.75, 3.05) is 0 Å². The Hall–Kier alpha value is -1.35. The van der Waals surface area contributed by atoms with Gasteiger partial charge in [0, 0.05) is 0 Å². The maximum atomic E-state index is 10.8. The Kier molecular flexibility index (Phi) is 4.29. The third-order valence-corrected chi connectivity index (χ3v) is 2.52. The number of carboxylic acids is 1. The number of hydrogen-bond donors (Lipinski definition) is 1. The SMILES string of the molecule is CC(C(=O)O)c1ccc(COC(C)(C)C)cc1. The number of aliphatic carboxylic acids is 1. The second-order valence-electron chi connectivity index (χ2n) is 5.20. The lowest BCUT2D eigenvalue weighted by atomic mass is 10.0. The van der Waals surface area contributed by atoms with Gasteiger partial charge in [0.2, 0.25) is 0 Å². The number of rotatable bonds is 4. The molecule has 1 N–H and O–H groups in total. The summed E-state index contributed by atoms with van der Waals surface area (Å²) < 4.78 is 5.65. The van der Waals surface area contributed by atoms with Crippen molar-refractivity contribution in [1.82, 2.24) is 0 Å². The number of benzene rings is 1. The quantitative estimate of drug-likeness (QED) is 0.873. The van der Waals surface area contributed by atoms with Crippen LogP contribution in [0, 0.1) is 0 Å². The minimum absolute atomic E-state index is 0.160. The first-order chi connectivity index (χ1) is 7.79. The molecule has 94 valence electrons. The van der Waals surface area contributed by atoms with Crippen LogP contribution in [0.15, 0.2) is 24.3 Å². The maximum absolute atomic E-state index is 10.8. The van der Waals surface area contributed by atoms with Gasteiger partial charge in [0.15, 0.2) is 0 Å². The van der Waals surface area contributed by atoms with Gasteiger partial charge in [-0.15, -0.1) is 0 Å². The smallest absolute Gasteiger partial charge is 0.310 e. The van der Waals surface area contributed by atoms with E-state index in [1.165, 1.54) is 0 Å². The summed E-state index contributed by atoms with van der Waals surface area (Å²) in [4.78, 5) is 10.8. The van der Waals surface area contributed by atoms with Crippen molar-refractivity contribution < 1.29 is 14.6 Å². The number of hydrogen-bond acceptors (Lipinski definition) is 2. The molecule has 0 spiro atoms. The molecule has 0 bridgehead atoms. The van der Waals surface area contributed by atoms with Crippen LogP contribution < -0.4 is 0 Å². The van der Waals surface area contributed by atoms with Gasteiger partial charge in [-0.05, 0) is 38.8 Å². The van der Waals surface area contributed by atoms with Gasteiger partial charge in [0.25, 0.3) is 0 Å². The van der Waals surface area contributed by atoms with E-state index in [-0.39, 0.29) is 5.60 Å². The van der Waals surface area contributed by atoms with Crippen LogP contribution in [0.1, 0.15) is 44.7 Å². The van der Waals surface area contributed by atoms with Gasteiger partial charge in [-0.1, -0.05) is 24.3 Å². The van der Waals surface area contributed by atoms with Crippen molar-refractivity contribution in [3.63, 3.8) is 0 Å². The summed E-state index contributed by atoms with van der Waals surface area (Å²) in [5.74, 6) is -1.27. The van der Waals surface area contributed by atoms with Gasteiger partial charge < -0.3 is 9.84 Å². The Bertz CT molecular complexity index is 373. The molecular formula is C14H20O3. The summed E-state index contributed by atoms with van der Waals surface area (Å²) in [5, 5.41) is 8.89. The Balaban J connectivity index is 2.65. The van der Waals surface area contributed by atoms with Gasteiger partial charge in [-0.2, -0.15) is 0 Å². The van der Waals surface area contributed by atoms with Gasteiger partial charge in [-0.25, -0.2) is 0 Å². The van der Waals surface area contributed by atoms with Crippen molar-refractivity contribution in [1.29, 1.82) is 0 Å². The zero-order chi connectivity index (χ0) is 13.1. The molecule has 0 heterocycles. The van der Waals surface area contributed by atoms with Crippen molar-refractivity contribution in [3.05, 3.63) is 35.4 Å². The molecule has 0 aliphatic heterocycles. The van der Waals surface area contributed by atoms with Crippen LogP contribution in [0.4, 0.5) is 0 Å². The number of ether oxygens (including phenoxy) is 1. The molecule has 17 heavy (non-hydrogen) atoms. The van der Waals surface area contributed by atoms with Crippen LogP contribution in [-0.2, 0) is 16.1 Å². The fourth-order valence-electron chi connectivity index (χ4n) is 1.34. The molecular weight excluding hydrogens is 216 g/mol. The van der Waals surface area contributed by atoms with E-state index < -0.39 is 11.9 Å². The summed E-state index contributed by atoms with van der Waals surface area (Å²) >= 11 is 0. The molecule has 1 aromatic carbocycles. The van der Waals surface area contributed by atoms with Crippen molar-refractivity contribution in [2.45, 2.75) is 45.8 Å². The van der Waals surface area contributed by atoms with Crippen LogP contribution >= 0.6 is 0 Å². The van der Waals surface area contributed by atoms with Gasteiger partial charge in [0.05, 0.1) is 18.1 Å². The monoisotopic (exact) mass is 236 g/mol. The van der Waals surface area contributed by atoms with Crippen LogP contribution in [0.3, 0.4) is 0 Å². The molecule has 1 rings (SSSR count). The zero-order valence-electron chi connectivity index (χ0n) is 10.9. The van der Waals surface area contributed by atoms with E-state index in [9.17, 15) is 4.79 Å². The normalized spacial score (nSPS) is 13.4. The van der Waals surface area contributed by atoms with E-state index in [0.717, 1.165) is 11.1 Å². The first-order valence-corrected chi connectivity index (χ1v) is 5.75. The summed E-state index contributed by atoms with van der Waals surface area (Å²) in [6.07, 6.45) is 0. The minimum atomic E-state index is -0.802. The van der Waals surface area contributed by atoms with Gasteiger partial charge in [0.1, 0.15) is 0 Å². The minimum Gasteiger partial charge on any atom is -0.481 e. The molecule has 3 nitrogen and oxygen atoms in total. The third kappa shape index (κ3) is 4.57. The average molecular weight is 236 g/mol. The molecule has 1 aromatic rings. The first-order valence-electron chi connectivity index (χ1n) is 5.75. The molecule has 0 radical (unpaired) electrons. The van der Waals surface area contributed by atoms with E-state index in [0.29, 0.717) is 6.61 Å². The van der Waals surface area contributed by atoms with E-state index in [1.807, 2.05) is 45.0 Å². The van der Waals surface area contributed by atoms with E-state index in [2.05, 4.69) is 0 Å². The summed E-state index contributed by atoms with van der Waals surface area (Å²) in [7, 11) is 0. The van der Waals surface area contributed by atoms with E-state index in [4.69, 9.17) is 9.84 Å². The van der Waals surface area contributed by atoms with E-state index >= 15 is 0 Å². The molecule has 0 aliphatic rings. The van der Waals surface area contributed by atoms with Crippen molar-refractivity contribution >= 4 is 5.97 Å². The molecule has 0 saturated carbocycles. The number of carbonyl (C=O) groups is 1. The first kappa shape index (κ1) is 13.7. The predicted molar refractivity (Wildman–Crippen MR) is 67.0 cm³/mol. The second-order valence-corrected chi connectivity index (χ2v) is 5.20. The Morgan fingerprint density at radius 1 is 1.29 bits per heavy atom. The summed E-state index contributed by atoms with van der Waals surface area (Å²) in [6.45, 7) is 8.25. The standard InChI is InChI=1S/C14H20O3/c1-10(13(15)16)12-7-5-11(6-8-12)9-17-14(2,3)4/h5-8,10H,9H2,1-4H3,(H,15,16). The fourth-order valence-corrected chi connectivity index (χ4v) is 1.34. The second kappa shape index (κ2) is 5.32. The van der Waals surface area contributed by atoms with Crippen LogP contribution in [-0.4, -0.2) is 16.7 Å². The summed E-state index contributed by atoms with van der Waals surface area (Å²) in [5.41, 5.74) is 1.71. The summed E-state index contributed by atoms with van der Waals surface area (Å²) in [6, 6.07) is 7.53. The zero-order valence-corrected chi connectivity index (χ0v) is 10.9. The van der Waals surface area contributed by atoms with Crippen LogP contribution in [0.5, 0.6) is 0 Å². The lowest BCUT2D eigenvalue weighted by Gasteiger charge is -2.19. The molecule has 1 atom stereocenters. The fraction of sp³-hybridized carbons (Fsp3) is 0.500. The Morgan fingerprint density at radius 3 is 2.24 bits per heavy atom. The lowest BCUT2D eigenvalue weighted by Crippen LogP contribution is -2.18. The van der Waals surface area contributed by atoms with Gasteiger partial charge in [-0.3, -0.25) is 4.79 Å². The third-order valence-electron chi connectivity index (χ3n) is 2.52. The highest BCUT2D eigenvalue weighted by molar-refractivity contribution is 5.75. The number of carboxylic acid groups (broad SMARTS) is 1. The topological polar surface area (TPSA) is 46.5 Å². The van der Waals surface area contributed by atoms with Crippen molar-refractivity contribution in [3.8, 4) is 0 Å². The molecule has 0 aliphatic carbocycles. The molecule has 0 saturated heterocycles. The maximum Gasteiger partial charge on any atom is 0.310 e. The van der Waals surface area contributed by atoms with Gasteiger partial charge >= 0.3 is 5.97 Å². The molecule has 0 aromatic heterocycles. The van der Waals surface area contributed by atoms with Crippen LogP contribution in [0.2, 0.25) is 0 Å². The molecule has 0 fully saturated rings. The van der Waals surface area contributed by atoms with Crippen LogP contribution in [0.25, 0.3) is 0 Å².